The largest absolute Gasteiger partial charge is 0.481 e. The summed E-state index contributed by atoms with van der Waals surface area (Å²) in [6.07, 6.45) is 1.64. The third-order valence-corrected chi connectivity index (χ3v) is 4.89. The second kappa shape index (κ2) is 8.92. The smallest absolute Gasteiger partial charge is 0.308 e. The van der Waals surface area contributed by atoms with Crippen molar-refractivity contribution in [2.24, 2.45) is 5.92 Å². The van der Waals surface area contributed by atoms with Gasteiger partial charge in [-0.15, -0.1) is 11.8 Å². The zero-order chi connectivity index (χ0) is 18.4. The van der Waals surface area contributed by atoms with Crippen LogP contribution in [0.2, 0.25) is 5.02 Å². The quantitative estimate of drug-likeness (QED) is 0.726. The van der Waals surface area contributed by atoms with Crippen LogP contribution >= 0.6 is 23.4 Å². The second-order valence-corrected chi connectivity index (χ2v) is 7.33. The van der Waals surface area contributed by atoms with Crippen LogP contribution in [-0.4, -0.2) is 33.8 Å². The van der Waals surface area contributed by atoms with E-state index in [4.69, 9.17) is 21.1 Å². The summed E-state index contributed by atoms with van der Waals surface area (Å²) < 4.78 is 5.68. The van der Waals surface area contributed by atoms with Crippen LogP contribution in [0, 0.1) is 5.92 Å². The number of hydrogen-bond donors (Lipinski definition) is 2. The predicted molar refractivity (Wildman–Crippen MR) is 97.5 cm³/mol. The minimum atomic E-state index is -0.935. The predicted octanol–water partition coefficient (Wildman–Crippen LogP) is 3.45. The lowest BCUT2D eigenvalue weighted by Crippen LogP contribution is -2.36. The SMILES string of the molecule is CC(CNC(=O)C(C)SCc1ncc(-c2ccc(Cl)cc2)o1)C(=O)O. The molecule has 0 fully saturated rings. The van der Waals surface area contributed by atoms with Crippen LogP contribution in [-0.2, 0) is 15.3 Å². The van der Waals surface area contributed by atoms with E-state index in [9.17, 15) is 9.59 Å². The van der Waals surface area contributed by atoms with Crippen molar-refractivity contribution in [1.82, 2.24) is 10.3 Å². The maximum Gasteiger partial charge on any atom is 0.308 e. The van der Waals surface area contributed by atoms with Crippen molar-refractivity contribution in [1.29, 1.82) is 0 Å². The zero-order valence-corrected chi connectivity index (χ0v) is 15.4. The molecule has 0 aliphatic carbocycles. The van der Waals surface area contributed by atoms with Crippen LogP contribution < -0.4 is 5.32 Å². The normalized spacial score (nSPS) is 13.2. The van der Waals surface area contributed by atoms with E-state index in [-0.39, 0.29) is 17.7 Å². The number of thioether (sulfide) groups is 1. The Kier molecular flexibility index (Phi) is 6.90. The van der Waals surface area contributed by atoms with Crippen molar-refractivity contribution in [3.8, 4) is 11.3 Å². The summed E-state index contributed by atoms with van der Waals surface area (Å²) in [5.74, 6) is -0.155. The molecule has 0 spiro atoms. The van der Waals surface area contributed by atoms with Gasteiger partial charge >= 0.3 is 5.97 Å². The Hall–Kier alpha value is -1.99. The summed E-state index contributed by atoms with van der Waals surface area (Å²) in [4.78, 5) is 26.9. The van der Waals surface area contributed by atoms with Crippen LogP contribution in [0.15, 0.2) is 34.9 Å². The topological polar surface area (TPSA) is 92.4 Å². The summed E-state index contributed by atoms with van der Waals surface area (Å²) in [6, 6.07) is 7.25. The number of rotatable bonds is 8. The molecule has 25 heavy (non-hydrogen) atoms. The summed E-state index contributed by atoms with van der Waals surface area (Å²) >= 11 is 7.23. The minimum Gasteiger partial charge on any atom is -0.481 e. The average Bonchev–Trinajstić information content (AvgIpc) is 3.06. The van der Waals surface area contributed by atoms with E-state index < -0.39 is 11.9 Å². The van der Waals surface area contributed by atoms with E-state index in [1.807, 2.05) is 12.1 Å². The molecule has 2 rings (SSSR count). The van der Waals surface area contributed by atoms with Gasteiger partial charge in [-0.05, 0) is 31.2 Å². The maximum atomic E-state index is 12.0. The molecule has 0 bridgehead atoms. The van der Waals surface area contributed by atoms with Gasteiger partial charge in [-0.2, -0.15) is 0 Å². The fourth-order valence-electron chi connectivity index (χ4n) is 1.88. The van der Waals surface area contributed by atoms with Crippen molar-refractivity contribution in [2.75, 3.05) is 6.54 Å². The van der Waals surface area contributed by atoms with Crippen LogP contribution in [0.4, 0.5) is 0 Å². The van der Waals surface area contributed by atoms with E-state index in [2.05, 4.69) is 10.3 Å². The maximum absolute atomic E-state index is 12.0. The molecule has 0 saturated heterocycles. The highest BCUT2D eigenvalue weighted by molar-refractivity contribution is 7.99. The first-order valence-electron chi connectivity index (χ1n) is 7.69. The molecule has 1 aromatic heterocycles. The van der Waals surface area contributed by atoms with E-state index in [1.165, 1.54) is 11.8 Å². The molecule has 1 aromatic carbocycles. The summed E-state index contributed by atoms with van der Waals surface area (Å²) in [7, 11) is 0. The molecule has 134 valence electrons. The highest BCUT2D eigenvalue weighted by Gasteiger charge is 2.18. The number of carbonyl (C=O) groups is 2. The van der Waals surface area contributed by atoms with Gasteiger partial charge in [0.15, 0.2) is 5.76 Å². The number of nitrogens with zero attached hydrogens (tertiary/aromatic N) is 1. The van der Waals surface area contributed by atoms with Crippen molar-refractivity contribution >= 4 is 35.2 Å². The van der Waals surface area contributed by atoms with Gasteiger partial charge in [0, 0.05) is 17.1 Å². The molecule has 2 atom stereocenters. The molecule has 1 amide bonds. The molecule has 1 heterocycles. The minimum absolute atomic E-state index is 0.110. The van der Waals surface area contributed by atoms with E-state index in [1.54, 1.807) is 32.2 Å². The van der Waals surface area contributed by atoms with Gasteiger partial charge in [-0.3, -0.25) is 9.59 Å². The van der Waals surface area contributed by atoms with Gasteiger partial charge in [0.05, 0.1) is 23.1 Å². The molecule has 2 aromatic rings. The number of nitrogens with one attached hydrogen (secondary N) is 1. The Morgan fingerprint density at radius 2 is 2.00 bits per heavy atom. The third kappa shape index (κ3) is 5.79. The van der Waals surface area contributed by atoms with Crippen molar-refractivity contribution in [3.63, 3.8) is 0 Å². The Morgan fingerprint density at radius 1 is 1.32 bits per heavy atom. The van der Waals surface area contributed by atoms with E-state index in [0.717, 1.165) is 5.56 Å². The molecule has 0 saturated carbocycles. The van der Waals surface area contributed by atoms with Gasteiger partial charge in [0.25, 0.3) is 0 Å². The number of hydrogen-bond acceptors (Lipinski definition) is 5. The standard InChI is InChI=1S/C17H19ClN2O4S/c1-10(17(22)23)7-20-16(21)11(2)25-9-15-19-8-14(24-15)12-3-5-13(18)6-4-12/h3-6,8,10-11H,7,9H2,1-2H3,(H,20,21)(H,22,23). The lowest BCUT2D eigenvalue weighted by molar-refractivity contribution is -0.141. The highest BCUT2D eigenvalue weighted by Crippen LogP contribution is 2.25. The molecule has 6 nitrogen and oxygen atoms in total. The van der Waals surface area contributed by atoms with Crippen LogP contribution in [0.5, 0.6) is 0 Å². The Bertz CT molecular complexity index is 733. The molecular weight excluding hydrogens is 364 g/mol. The average molecular weight is 383 g/mol. The number of amides is 1. The molecule has 0 radical (unpaired) electrons. The van der Waals surface area contributed by atoms with Crippen molar-refractivity contribution in [3.05, 3.63) is 41.4 Å². The second-order valence-electron chi connectivity index (χ2n) is 5.56. The zero-order valence-electron chi connectivity index (χ0n) is 13.9. The number of halogens is 1. The first-order chi connectivity index (χ1) is 11.9. The summed E-state index contributed by atoms with van der Waals surface area (Å²) in [5, 5.41) is 11.8. The van der Waals surface area contributed by atoms with E-state index >= 15 is 0 Å². The van der Waals surface area contributed by atoms with Crippen LogP contribution in [0.1, 0.15) is 19.7 Å². The lowest BCUT2D eigenvalue weighted by atomic mass is 10.2. The molecule has 0 aliphatic heterocycles. The summed E-state index contributed by atoms with van der Waals surface area (Å²) in [6.45, 7) is 3.42. The van der Waals surface area contributed by atoms with Crippen LogP contribution in [0.3, 0.4) is 0 Å². The van der Waals surface area contributed by atoms with E-state index in [0.29, 0.717) is 22.4 Å². The monoisotopic (exact) mass is 382 g/mol. The number of aliphatic carboxylic acids is 1. The highest BCUT2D eigenvalue weighted by atomic mass is 35.5. The molecule has 0 aliphatic rings. The number of benzene rings is 1. The van der Waals surface area contributed by atoms with Gasteiger partial charge in [-0.25, -0.2) is 4.98 Å². The van der Waals surface area contributed by atoms with Crippen molar-refractivity contribution < 1.29 is 19.1 Å². The number of carboxylic acids is 1. The Labute approximate surface area is 155 Å². The summed E-state index contributed by atoms with van der Waals surface area (Å²) in [5.41, 5.74) is 0.876. The number of oxazole rings is 1. The lowest BCUT2D eigenvalue weighted by Gasteiger charge is -2.12. The number of aromatic nitrogens is 1. The Balaban J connectivity index is 1.83. The first-order valence-corrected chi connectivity index (χ1v) is 9.12. The fourth-order valence-corrected chi connectivity index (χ4v) is 2.77. The van der Waals surface area contributed by atoms with Gasteiger partial charge in [0.1, 0.15) is 0 Å². The number of carboxylic acid groups (broad SMARTS) is 1. The molecule has 8 heteroatoms. The van der Waals surface area contributed by atoms with Gasteiger partial charge in [-0.1, -0.05) is 18.5 Å². The molecular formula is C17H19ClN2O4S. The molecule has 2 N–H and O–H groups in total. The van der Waals surface area contributed by atoms with Gasteiger partial charge < -0.3 is 14.8 Å². The fraction of sp³-hybridized carbons (Fsp3) is 0.353. The van der Waals surface area contributed by atoms with Crippen LogP contribution in [0.25, 0.3) is 11.3 Å². The first kappa shape index (κ1) is 19.3. The molecule has 2 unspecified atom stereocenters. The van der Waals surface area contributed by atoms with Gasteiger partial charge in [0.2, 0.25) is 11.8 Å². The Morgan fingerprint density at radius 3 is 2.64 bits per heavy atom. The number of carbonyl (C=O) groups excluding carboxylic acids is 1. The third-order valence-electron chi connectivity index (χ3n) is 3.51. The van der Waals surface area contributed by atoms with Crippen molar-refractivity contribution in [2.45, 2.75) is 24.9 Å².